The molecule has 0 saturated carbocycles. The van der Waals surface area contributed by atoms with Gasteiger partial charge in [0.25, 0.3) is 0 Å². The topological polar surface area (TPSA) is 64.5 Å². The van der Waals surface area contributed by atoms with E-state index in [1.165, 1.54) is 10.9 Å². The van der Waals surface area contributed by atoms with E-state index in [0.717, 1.165) is 72.2 Å². The van der Waals surface area contributed by atoms with E-state index in [4.69, 9.17) is 24.9 Å². The standard InChI is InChI=1S/C51H33N5/c1-3-13-34(14-4-1)35-25-27-37(28-26-35)50-54-49(36-15-5-2-6-16-36)55-51(56-50)41-20-12-18-39(32-41)38-17-11-19-40(31-38)42-29-30-47(52-33-42)48-45-23-8-7-21-43(45)44-22-9-10-24-46(44)53-48/h1-33H. The zero-order chi connectivity index (χ0) is 37.3. The van der Waals surface area contributed by atoms with E-state index in [1.807, 2.05) is 48.7 Å². The van der Waals surface area contributed by atoms with E-state index in [9.17, 15) is 0 Å². The molecule has 3 heterocycles. The molecule has 0 radical (unpaired) electrons. The molecule has 262 valence electrons. The largest absolute Gasteiger partial charge is 0.254 e. The zero-order valence-electron chi connectivity index (χ0n) is 30.3. The van der Waals surface area contributed by atoms with Crippen molar-refractivity contribution < 1.29 is 0 Å². The molecule has 0 unspecified atom stereocenters. The second-order valence-corrected chi connectivity index (χ2v) is 13.7. The van der Waals surface area contributed by atoms with Crippen LogP contribution in [-0.4, -0.2) is 24.9 Å². The summed E-state index contributed by atoms with van der Waals surface area (Å²) in [6.45, 7) is 0. The summed E-state index contributed by atoms with van der Waals surface area (Å²) in [5.74, 6) is 1.88. The van der Waals surface area contributed by atoms with Crippen LogP contribution in [0.1, 0.15) is 0 Å². The van der Waals surface area contributed by atoms with Crippen LogP contribution in [0.4, 0.5) is 0 Å². The highest BCUT2D eigenvalue weighted by molar-refractivity contribution is 6.10. The van der Waals surface area contributed by atoms with Crippen molar-refractivity contribution in [3.8, 4) is 78.9 Å². The lowest BCUT2D eigenvalue weighted by atomic mass is 9.98. The summed E-state index contributed by atoms with van der Waals surface area (Å²) in [6.07, 6.45) is 1.94. The fraction of sp³-hybridized carbons (Fsp3) is 0. The first-order chi connectivity index (χ1) is 27.7. The number of benzene rings is 7. The molecule has 0 aliphatic rings. The molecule has 0 aliphatic carbocycles. The SMILES string of the molecule is c1ccc(-c2ccc(-c3nc(-c4ccccc4)nc(-c4cccc(-c5cccc(-c6ccc(-c7nc8ccccc8c8ccccc78)nc6)c5)c4)n3)cc2)cc1. The Morgan fingerprint density at radius 2 is 0.714 bits per heavy atom. The molecular formula is C51H33N5. The molecule has 0 spiro atoms. The van der Waals surface area contributed by atoms with Crippen molar-refractivity contribution >= 4 is 21.7 Å². The molecule has 0 saturated heterocycles. The molecule has 0 bridgehead atoms. The molecule has 56 heavy (non-hydrogen) atoms. The molecule has 0 atom stereocenters. The Hall–Kier alpha value is -7.63. The van der Waals surface area contributed by atoms with Crippen LogP contribution >= 0.6 is 0 Å². The molecule has 5 heteroatoms. The second-order valence-electron chi connectivity index (χ2n) is 13.7. The fourth-order valence-electron chi connectivity index (χ4n) is 7.31. The maximum atomic E-state index is 5.05. The van der Waals surface area contributed by atoms with Gasteiger partial charge in [0.05, 0.1) is 16.9 Å². The van der Waals surface area contributed by atoms with E-state index in [2.05, 4.69) is 152 Å². The highest BCUT2D eigenvalue weighted by Crippen LogP contribution is 2.34. The van der Waals surface area contributed by atoms with Crippen molar-refractivity contribution in [2.45, 2.75) is 0 Å². The van der Waals surface area contributed by atoms with Gasteiger partial charge in [0, 0.05) is 39.2 Å². The number of aromatic nitrogens is 5. The van der Waals surface area contributed by atoms with Crippen LogP contribution in [-0.2, 0) is 0 Å². The summed E-state index contributed by atoms with van der Waals surface area (Å²) in [5.41, 5.74) is 12.0. The summed E-state index contributed by atoms with van der Waals surface area (Å²) in [7, 11) is 0. The van der Waals surface area contributed by atoms with Crippen LogP contribution in [0.5, 0.6) is 0 Å². The van der Waals surface area contributed by atoms with E-state index in [1.54, 1.807) is 0 Å². The predicted octanol–water partition coefficient (Wildman–Crippen LogP) is 12.6. The Morgan fingerprint density at radius 1 is 0.268 bits per heavy atom. The average molecular weight is 716 g/mol. The number of rotatable bonds is 7. The third-order valence-corrected chi connectivity index (χ3v) is 10.2. The lowest BCUT2D eigenvalue weighted by Crippen LogP contribution is -2.00. The molecule has 0 fully saturated rings. The third kappa shape index (κ3) is 6.37. The normalized spacial score (nSPS) is 11.2. The number of hydrogen-bond donors (Lipinski definition) is 0. The van der Waals surface area contributed by atoms with Crippen molar-refractivity contribution in [1.82, 2.24) is 24.9 Å². The van der Waals surface area contributed by atoms with Crippen LogP contribution in [0.25, 0.3) is 101 Å². The van der Waals surface area contributed by atoms with Crippen LogP contribution in [0, 0.1) is 0 Å². The Bertz CT molecular complexity index is 3000. The average Bonchev–Trinajstić information content (AvgIpc) is 3.29. The number of pyridine rings is 2. The van der Waals surface area contributed by atoms with Gasteiger partial charge < -0.3 is 0 Å². The Morgan fingerprint density at radius 3 is 1.38 bits per heavy atom. The predicted molar refractivity (Wildman–Crippen MR) is 228 cm³/mol. The third-order valence-electron chi connectivity index (χ3n) is 10.2. The van der Waals surface area contributed by atoms with E-state index in [-0.39, 0.29) is 0 Å². The summed E-state index contributed by atoms with van der Waals surface area (Å²) < 4.78 is 0. The van der Waals surface area contributed by atoms with Gasteiger partial charge in [0.2, 0.25) is 0 Å². The Kier molecular flexibility index (Phi) is 8.43. The minimum atomic E-state index is 0.619. The van der Waals surface area contributed by atoms with Crippen LogP contribution in [0.15, 0.2) is 200 Å². The number of fused-ring (bicyclic) bond motifs is 3. The summed E-state index contributed by atoms with van der Waals surface area (Å²) in [4.78, 5) is 25.0. The molecule has 7 aromatic carbocycles. The van der Waals surface area contributed by atoms with E-state index in [0.29, 0.717) is 17.5 Å². The lowest BCUT2D eigenvalue weighted by molar-refractivity contribution is 1.07. The minimum absolute atomic E-state index is 0.619. The van der Waals surface area contributed by atoms with Gasteiger partial charge in [-0.05, 0) is 57.5 Å². The first-order valence-corrected chi connectivity index (χ1v) is 18.7. The van der Waals surface area contributed by atoms with Gasteiger partial charge >= 0.3 is 0 Å². The second kappa shape index (κ2) is 14.3. The van der Waals surface area contributed by atoms with Gasteiger partial charge in [-0.1, -0.05) is 170 Å². The maximum absolute atomic E-state index is 5.05. The van der Waals surface area contributed by atoms with Crippen molar-refractivity contribution in [3.63, 3.8) is 0 Å². The minimum Gasteiger partial charge on any atom is -0.254 e. The molecule has 10 rings (SSSR count). The smallest absolute Gasteiger partial charge is 0.164 e. The maximum Gasteiger partial charge on any atom is 0.164 e. The molecular weight excluding hydrogens is 683 g/mol. The van der Waals surface area contributed by atoms with Crippen molar-refractivity contribution in [3.05, 3.63) is 200 Å². The molecule has 0 amide bonds. The summed E-state index contributed by atoms with van der Waals surface area (Å²) in [5, 5.41) is 3.41. The zero-order valence-corrected chi connectivity index (χ0v) is 30.3. The molecule has 5 nitrogen and oxygen atoms in total. The first-order valence-electron chi connectivity index (χ1n) is 18.7. The van der Waals surface area contributed by atoms with Crippen molar-refractivity contribution in [2.75, 3.05) is 0 Å². The Labute approximate surface area is 324 Å². The number of hydrogen-bond acceptors (Lipinski definition) is 5. The van der Waals surface area contributed by atoms with E-state index >= 15 is 0 Å². The van der Waals surface area contributed by atoms with Crippen LogP contribution in [0.3, 0.4) is 0 Å². The lowest BCUT2D eigenvalue weighted by Gasteiger charge is -2.11. The molecule has 10 aromatic rings. The fourth-order valence-corrected chi connectivity index (χ4v) is 7.31. The van der Waals surface area contributed by atoms with Gasteiger partial charge in [-0.3, -0.25) is 4.98 Å². The summed E-state index contributed by atoms with van der Waals surface area (Å²) >= 11 is 0. The van der Waals surface area contributed by atoms with Crippen molar-refractivity contribution in [2.24, 2.45) is 0 Å². The quantitative estimate of drug-likeness (QED) is 0.154. The van der Waals surface area contributed by atoms with Crippen LogP contribution < -0.4 is 0 Å². The number of para-hydroxylation sites is 1. The molecule has 0 aliphatic heterocycles. The van der Waals surface area contributed by atoms with Gasteiger partial charge in [-0.15, -0.1) is 0 Å². The van der Waals surface area contributed by atoms with E-state index < -0.39 is 0 Å². The van der Waals surface area contributed by atoms with Gasteiger partial charge in [-0.2, -0.15) is 0 Å². The first kappa shape index (κ1) is 33.0. The van der Waals surface area contributed by atoms with Crippen LogP contribution in [0.2, 0.25) is 0 Å². The Balaban J connectivity index is 0.984. The van der Waals surface area contributed by atoms with Gasteiger partial charge in [0.15, 0.2) is 17.5 Å². The monoisotopic (exact) mass is 715 g/mol. The number of nitrogens with zero attached hydrogens (tertiary/aromatic N) is 5. The molecule has 3 aromatic heterocycles. The highest BCUT2D eigenvalue weighted by atomic mass is 15.0. The summed E-state index contributed by atoms with van der Waals surface area (Å²) in [6, 6.07) is 66.7. The van der Waals surface area contributed by atoms with Gasteiger partial charge in [0.1, 0.15) is 0 Å². The highest BCUT2D eigenvalue weighted by Gasteiger charge is 2.15. The molecule has 0 N–H and O–H groups in total. The van der Waals surface area contributed by atoms with Crippen molar-refractivity contribution in [1.29, 1.82) is 0 Å². The van der Waals surface area contributed by atoms with Gasteiger partial charge in [-0.25, -0.2) is 19.9 Å².